The van der Waals surface area contributed by atoms with E-state index in [2.05, 4.69) is 15.1 Å². The molecular formula is C21H24ClFN4OS. The number of aryl methyl sites for hydroxylation is 1. The van der Waals surface area contributed by atoms with Crippen LogP contribution >= 0.6 is 22.9 Å². The average molecular weight is 435 g/mol. The molecule has 29 heavy (non-hydrogen) atoms. The summed E-state index contributed by atoms with van der Waals surface area (Å²) in [6.07, 6.45) is 0.910. The fourth-order valence-electron chi connectivity index (χ4n) is 3.78. The SMILES string of the molecule is Cn1c(C(=O)NCCCN2CCN(c3ccc(F)cc3)CC2)cc2sc(Cl)cc21. The monoisotopic (exact) mass is 434 g/mol. The lowest BCUT2D eigenvalue weighted by Crippen LogP contribution is -2.47. The third-order valence-electron chi connectivity index (χ3n) is 5.43. The van der Waals surface area contributed by atoms with Gasteiger partial charge in [0.15, 0.2) is 0 Å². The number of carbonyl (C=O) groups is 1. The van der Waals surface area contributed by atoms with E-state index in [1.54, 1.807) is 0 Å². The molecule has 4 rings (SSSR count). The predicted molar refractivity (Wildman–Crippen MR) is 118 cm³/mol. The maximum absolute atomic E-state index is 13.1. The van der Waals surface area contributed by atoms with Crippen molar-refractivity contribution < 1.29 is 9.18 Å². The molecule has 0 bridgehead atoms. The molecule has 1 N–H and O–H groups in total. The van der Waals surface area contributed by atoms with Gasteiger partial charge in [-0.25, -0.2) is 4.39 Å². The van der Waals surface area contributed by atoms with Crippen LogP contribution in [0, 0.1) is 5.82 Å². The lowest BCUT2D eigenvalue weighted by atomic mass is 10.2. The molecule has 0 saturated carbocycles. The first-order valence-electron chi connectivity index (χ1n) is 9.77. The number of thiophene rings is 1. The molecule has 3 aromatic rings. The van der Waals surface area contributed by atoms with Crippen molar-refractivity contribution in [2.24, 2.45) is 7.05 Å². The van der Waals surface area contributed by atoms with Crippen LogP contribution in [0.4, 0.5) is 10.1 Å². The predicted octanol–water partition coefficient (Wildman–Crippen LogP) is 3.97. The van der Waals surface area contributed by atoms with Gasteiger partial charge in [-0.3, -0.25) is 9.69 Å². The summed E-state index contributed by atoms with van der Waals surface area (Å²) in [6.45, 7) is 5.41. The highest BCUT2D eigenvalue weighted by molar-refractivity contribution is 7.22. The lowest BCUT2D eigenvalue weighted by molar-refractivity contribution is 0.0943. The van der Waals surface area contributed by atoms with Crippen LogP contribution in [0.25, 0.3) is 10.2 Å². The minimum absolute atomic E-state index is 0.0480. The van der Waals surface area contributed by atoms with Crippen molar-refractivity contribution >= 4 is 44.7 Å². The van der Waals surface area contributed by atoms with Crippen molar-refractivity contribution in [3.63, 3.8) is 0 Å². The second kappa shape index (κ2) is 8.73. The second-order valence-electron chi connectivity index (χ2n) is 7.30. The van der Waals surface area contributed by atoms with Gasteiger partial charge < -0.3 is 14.8 Å². The number of anilines is 1. The minimum atomic E-state index is -0.201. The van der Waals surface area contributed by atoms with Gasteiger partial charge >= 0.3 is 0 Å². The standard InChI is InChI=1S/C21H24ClFN4OS/c1-25-17-14-20(22)29-19(17)13-18(25)21(28)24-7-2-8-26-9-11-27(12-10-26)16-5-3-15(23)4-6-16/h3-6,13-14H,2,7-12H2,1H3,(H,24,28). The summed E-state index contributed by atoms with van der Waals surface area (Å²) in [7, 11) is 1.89. The Hall–Kier alpha value is -2.09. The number of rotatable bonds is 6. The second-order valence-corrected chi connectivity index (χ2v) is 9.02. The number of aromatic nitrogens is 1. The maximum Gasteiger partial charge on any atom is 0.267 e. The fourth-order valence-corrected chi connectivity index (χ4v) is 4.98. The van der Waals surface area contributed by atoms with Gasteiger partial charge in [0.05, 0.1) is 14.6 Å². The molecule has 0 spiro atoms. The topological polar surface area (TPSA) is 40.5 Å². The summed E-state index contributed by atoms with van der Waals surface area (Å²) in [5, 5.41) is 3.02. The normalized spacial score (nSPS) is 15.2. The third kappa shape index (κ3) is 4.57. The average Bonchev–Trinajstić information content (AvgIpc) is 3.23. The third-order valence-corrected chi connectivity index (χ3v) is 6.63. The zero-order valence-corrected chi connectivity index (χ0v) is 17.9. The molecule has 0 aliphatic carbocycles. The Morgan fingerprint density at radius 2 is 1.90 bits per heavy atom. The number of fused-ring (bicyclic) bond motifs is 1. The Balaban J connectivity index is 1.20. The van der Waals surface area contributed by atoms with E-state index in [0.717, 1.165) is 59.4 Å². The molecule has 1 aliphatic rings. The number of hydrogen-bond acceptors (Lipinski definition) is 4. The van der Waals surface area contributed by atoms with Crippen molar-refractivity contribution in [3.8, 4) is 0 Å². The molecule has 1 aliphatic heterocycles. The summed E-state index contributed by atoms with van der Waals surface area (Å²) in [5.74, 6) is -0.249. The molecule has 1 saturated heterocycles. The van der Waals surface area contributed by atoms with Crippen molar-refractivity contribution in [2.45, 2.75) is 6.42 Å². The molecule has 2 aromatic heterocycles. The smallest absolute Gasteiger partial charge is 0.267 e. The fraction of sp³-hybridized carbons (Fsp3) is 0.381. The van der Waals surface area contributed by atoms with E-state index in [-0.39, 0.29) is 11.7 Å². The molecule has 154 valence electrons. The van der Waals surface area contributed by atoms with Gasteiger partial charge in [0, 0.05) is 45.5 Å². The first-order valence-corrected chi connectivity index (χ1v) is 11.0. The molecule has 0 atom stereocenters. The van der Waals surface area contributed by atoms with Gasteiger partial charge in [-0.05, 0) is 49.4 Å². The van der Waals surface area contributed by atoms with Gasteiger partial charge in [-0.2, -0.15) is 0 Å². The Labute approximate surface area is 178 Å². The van der Waals surface area contributed by atoms with Crippen LogP contribution in [0.2, 0.25) is 4.34 Å². The van der Waals surface area contributed by atoms with E-state index in [9.17, 15) is 9.18 Å². The number of carbonyl (C=O) groups excluding carboxylic acids is 1. The highest BCUT2D eigenvalue weighted by Gasteiger charge is 2.18. The van der Waals surface area contributed by atoms with Gasteiger partial charge in [0.1, 0.15) is 11.5 Å². The number of piperazine rings is 1. The zero-order chi connectivity index (χ0) is 20.4. The Morgan fingerprint density at radius 3 is 2.59 bits per heavy atom. The van der Waals surface area contributed by atoms with Crippen LogP contribution in [0.1, 0.15) is 16.9 Å². The van der Waals surface area contributed by atoms with Crippen molar-refractivity contribution in [2.75, 3.05) is 44.2 Å². The highest BCUT2D eigenvalue weighted by atomic mass is 35.5. The van der Waals surface area contributed by atoms with Crippen LogP contribution in [0.5, 0.6) is 0 Å². The summed E-state index contributed by atoms with van der Waals surface area (Å²) in [6, 6.07) is 10.5. The van der Waals surface area contributed by atoms with Gasteiger partial charge in [0.2, 0.25) is 0 Å². The highest BCUT2D eigenvalue weighted by Crippen LogP contribution is 2.31. The maximum atomic E-state index is 13.1. The van der Waals surface area contributed by atoms with E-state index in [0.29, 0.717) is 12.2 Å². The van der Waals surface area contributed by atoms with E-state index >= 15 is 0 Å². The molecule has 1 aromatic carbocycles. The van der Waals surface area contributed by atoms with Crippen LogP contribution in [0.15, 0.2) is 36.4 Å². The number of halogens is 2. The van der Waals surface area contributed by atoms with Crippen LogP contribution in [-0.2, 0) is 7.05 Å². The van der Waals surface area contributed by atoms with Gasteiger partial charge in [-0.15, -0.1) is 11.3 Å². The number of hydrogen-bond donors (Lipinski definition) is 1. The molecule has 3 heterocycles. The van der Waals surface area contributed by atoms with Gasteiger partial charge in [0.25, 0.3) is 5.91 Å². The molecule has 1 fully saturated rings. The largest absolute Gasteiger partial charge is 0.369 e. The van der Waals surface area contributed by atoms with Crippen LogP contribution < -0.4 is 10.2 Å². The van der Waals surface area contributed by atoms with E-state index in [4.69, 9.17) is 11.6 Å². The van der Waals surface area contributed by atoms with E-state index < -0.39 is 0 Å². The Kier molecular flexibility index (Phi) is 6.08. The summed E-state index contributed by atoms with van der Waals surface area (Å²) in [5.41, 5.74) is 2.72. The summed E-state index contributed by atoms with van der Waals surface area (Å²) in [4.78, 5) is 17.2. The summed E-state index contributed by atoms with van der Waals surface area (Å²) >= 11 is 7.52. The Morgan fingerprint density at radius 1 is 1.17 bits per heavy atom. The quantitative estimate of drug-likeness (QED) is 0.597. The molecule has 8 heteroatoms. The number of benzene rings is 1. The number of nitrogens with zero attached hydrogens (tertiary/aromatic N) is 3. The van der Waals surface area contributed by atoms with Crippen molar-refractivity contribution in [1.82, 2.24) is 14.8 Å². The zero-order valence-electron chi connectivity index (χ0n) is 16.3. The molecule has 5 nitrogen and oxygen atoms in total. The first kappa shape index (κ1) is 20.2. The van der Waals surface area contributed by atoms with Gasteiger partial charge in [-0.1, -0.05) is 11.6 Å². The minimum Gasteiger partial charge on any atom is -0.369 e. The Bertz CT molecular complexity index is 992. The van der Waals surface area contributed by atoms with E-state index in [1.165, 1.54) is 23.5 Å². The lowest BCUT2D eigenvalue weighted by Gasteiger charge is -2.36. The van der Waals surface area contributed by atoms with Crippen molar-refractivity contribution in [1.29, 1.82) is 0 Å². The molecule has 0 unspecified atom stereocenters. The molecule has 1 amide bonds. The number of amides is 1. The van der Waals surface area contributed by atoms with Crippen molar-refractivity contribution in [3.05, 3.63) is 52.2 Å². The molecular weight excluding hydrogens is 411 g/mol. The van der Waals surface area contributed by atoms with Crippen LogP contribution in [-0.4, -0.2) is 54.6 Å². The van der Waals surface area contributed by atoms with E-state index in [1.807, 2.05) is 35.9 Å². The van der Waals surface area contributed by atoms with Crippen LogP contribution in [0.3, 0.4) is 0 Å². The number of nitrogens with one attached hydrogen (secondary N) is 1. The molecule has 0 radical (unpaired) electrons. The first-order chi connectivity index (χ1) is 14.0. The summed E-state index contributed by atoms with van der Waals surface area (Å²) < 4.78 is 16.7.